The largest absolute Gasteiger partial charge is 0.460 e. The van der Waals surface area contributed by atoms with Gasteiger partial charge in [0.15, 0.2) is 0 Å². The summed E-state index contributed by atoms with van der Waals surface area (Å²) >= 11 is 0. The van der Waals surface area contributed by atoms with Gasteiger partial charge in [0.25, 0.3) is 6.47 Å². The molecule has 27 heavy (non-hydrogen) atoms. The van der Waals surface area contributed by atoms with Crippen LogP contribution in [0.4, 0.5) is 0 Å². The van der Waals surface area contributed by atoms with E-state index in [-0.39, 0.29) is 11.7 Å². The minimum Gasteiger partial charge on any atom is -0.460 e. The van der Waals surface area contributed by atoms with Gasteiger partial charge < -0.3 is 16.2 Å². The smallest absolute Gasteiger partial charge is 0.293 e. The normalized spacial score (nSPS) is 11.6. The van der Waals surface area contributed by atoms with E-state index in [1.165, 1.54) is 0 Å². The van der Waals surface area contributed by atoms with Crippen LogP contribution in [0.5, 0.6) is 0 Å². The highest BCUT2D eigenvalue weighted by atomic mass is 16.5. The van der Waals surface area contributed by atoms with Gasteiger partial charge in [-0.3, -0.25) is 15.6 Å². The van der Waals surface area contributed by atoms with E-state index in [9.17, 15) is 4.79 Å². The van der Waals surface area contributed by atoms with E-state index >= 15 is 0 Å². The SMILES string of the molecule is CCCCCC(OC=O)c1cccc(-c2ccc(C(=N)N)cc2)c1C(=N)N. The molecule has 0 saturated carbocycles. The first-order valence-corrected chi connectivity index (χ1v) is 9.00. The second-order valence-electron chi connectivity index (χ2n) is 6.39. The summed E-state index contributed by atoms with van der Waals surface area (Å²) < 4.78 is 5.33. The topological polar surface area (TPSA) is 126 Å². The molecule has 0 aliphatic carbocycles. The highest BCUT2D eigenvalue weighted by molar-refractivity contribution is 6.03. The van der Waals surface area contributed by atoms with Crippen LogP contribution in [0.2, 0.25) is 0 Å². The zero-order chi connectivity index (χ0) is 19.8. The van der Waals surface area contributed by atoms with Gasteiger partial charge in [0.05, 0.1) is 0 Å². The van der Waals surface area contributed by atoms with E-state index in [4.69, 9.17) is 27.0 Å². The van der Waals surface area contributed by atoms with Gasteiger partial charge >= 0.3 is 0 Å². The van der Waals surface area contributed by atoms with Gasteiger partial charge in [0.1, 0.15) is 17.8 Å². The van der Waals surface area contributed by atoms with Crippen molar-refractivity contribution in [1.82, 2.24) is 0 Å². The van der Waals surface area contributed by atoms with Crippen LogP contribution in [0.25, 0.3) is 11.1 Å². The van der Waals surface area contributed by atoms with Crippen molar-refractivity contribution in [2.24, 2.45) is 11.5 Å². The summed E-state index contributed by atoms with van der Waals surface area (Å²) in [5.74, 6) is -0.0799. The van der Waals surface area contributed by atoms with Crippen molar-refractivity contribution in [3.63, 3.8) is 0 Å². The third-order valence-electron chi connectivity index (χ3n) is 4.51. The molecule has 0 fully saturated rings. The molecule has 1 unspecified atom stereocenters. The zero-order valence-corrected chi connectivity index (χ0v) is 15.5. The number of hydrogen-bond acceptors (Lipinski definition) is 4. The summed E-state index contributed by atoms with van der Waals surface area (Å²) in [4.78, 5) is 11.0. The fraction of sp³-hybridized carbons (Fsp3) is 0.286. The summed E-state index contributed by atoms with van der Waals surface area (Å²) in [6.07, 6.45) is 3.27. The maximum absolute atomic E-state index is 11.0. The maximum atomic E-state index is 11.0. The second kappa shape index (κ2) is 9.52. The number of benzene rings is 2. The van der Waals surface area contributed by atoms with Crippen molar-refractivity contribution in [3.05, 3.63) is 59.2 Å². The van der Waals surface area contributed by atoms with Crippen LogP contribution in [0.3, 0.4) is 0 Å². The number of rotatable bonds is 10. The molecular formula is C21H26N4O2. The molecule has 2 aromatic carbocycles. The predicted octanol–water partition coefficient (Wildman–Crippen LogP) is 3.72. The molecule has 0 aliphatic heterocycles. The lowest BCUT2D eigenvalue weighted by atomic mass is 9.90. The molecule has 6 heteroatoms. The molecule has 0 radical (unpaired) electrons. The lowest BCUT2D eigenvalue weighted by molar-refractivity contribution is -0.134. The van der Waals surface area contributed by atoms with Crippen molar-refractivity contribution in [3.8, 4) is 11.1 Å². The summed E-state index contributed by atoms with van der Waals surface area (Å²) in [6.45, 7) is 2.57. The van der Waals surface area contributed by atoms with E-state index in [0.717, 1.165) is 36.0 Å². The van der Waals surface area contributed by atoms with Crippen molar-refractivity contribution < 1.29 is 9.53 Å². The average Bonchev–Trinajstić information content (AvgIpc) is 2.67. The molecule has 2 aromatic rings. The predicted molar refractivity (Wildman–Crippen MR) is 108 cm³/mol. The van der Waals surface area contributed by atoms with E-state index in [0.29, 0.717) is 24.0 Å². The molecule has 142 valence electrons. The summed E-state index contributed by atoms with van der Waals surface area (Å²) in [7, 11) is 0. The highest BCUT2D eigenvalue weighted by Crippen LogP contribution is 2.33. The van der Waals surface area contributed by atoms with Crippen molar-refractivity contribution in [2.45, 2.75) is 38.7 Å². The summed E-state index contributed by atoms with van der Waals surface area (Å²) in [5, 5.41) is 15.6. The Bertz CT molecular complexity index is 815. The Balaban J connectivity index is 2.50. The summed E-state index contributed by atoms with van der Waals surface area (Å²) in [6, 6.07) is 12.8. The molecular weight excluding hydrogens is 340 g/mol. The molecule has 0 saturated heterocycles. The molecule has 0 spiro atoms. The van der Waals surface area contributed by atoms with Crippen LogP contribution in [-0.2, 0) is 9.53 Å². The molecule has 1 atom stereocenters. The van der Waals surface area contributed by atoms with Crippen molar-refractivity contribution in [1.29, 1.82) is 10.8 Å². The first-order valence-electron chi connectivity index (χ1n) is 9.00. The Morgan fingerprint density at radius 3 is 2.33 bits per heavy atom. The van der Waals surface area contributed by atoms with Gasteiger partial charge in [-0.05, 0) is 24.0 Å². The number of amidine groups is 2. The molecule has 2 rings (SSSR count). The molecule has 0 heterocycles. The third kappa shape index (κ3) is 4.94. The van der Waals surface area contributed by atoms with Crippen LogP contribution in [0.15, 0.2) is 42.5 Å². The number of hydrogen-bond donors (Lipinski definition) is 4. The zero-order valence-electron chi connectivity index (χ0n) is 15.5. The van der Waals surface area contributed by atoms with E-state index in [1.807, 2.05) is 30.3 Å². The second-order valence-corrected chi connectivity index (χ2v) is 6.39. The third-order valence-corrected chi connectivity index (χ3v) is 4.51. The fourth-order valence-electron chi connectivity index (χ4n) is 3.15. The van der Waals surface area contributed by atoms with Gasteiger partial charge in [0, 0.05) is 16.7 Å². The monoisotopic (exact) mass is 366 g/mol. The Morgan fingerprint density at radius 1 is 1.07 bits per heavy atom. The Hall–Kier alpha value is -3.15. The first kappa shape index (κ1) is 20.2. The Labute approximate surface area is 159 Å². The minimum atomic E-state index is -0.440. The number of ether oxygens (including phenoxy) is 1. The van der Waals surface area contributed by atoms with Gasteiger partial charge in [-0.15, -0.1) is 0 Å². The van der Waals surface area contributed by atoms with Crippen LogP contribution in [0, 0.1) is 10.8 Å². The number of unbranched alkanes of at least 4 members (excludes halogenated alkanes) is 2. The number of carbonyl (C=O) groups is 1. The Morgan fingerprint density at radius 2 is 1.78 bits per heavy atom. The standard InChI is InChI=1S/C21H26N4O2/c1-2-3-4-8-18(27-13-26)17-7-5-6-16(19(17)21(24)25)14-9-11-15(12-10-14)20(22)23/h5-7,9-13,18H,2-4,8H2,1H3,(H3,22,23)(H3,24,25). The summed E-state index contributed by atoms with van der Waals surface area (Å²) in [5.41, 5.74) is 15.0. The minimum absolute atomic E-state index is 0.00235. The first-order chi connectivity index (χ1) is 13.0. The van der Waals surface area contributed by atoms with Gasteiger partial charge in [0.2, 0.25) is 0 Å². The van der Waals surface area contributed by atoms with Crippen LogP contribution < -0.4 is 11.5 Å². The molecule has 0 aromatic heterocycles. The maximum Gasteiger partial charge on any atom is 0.293 e. The molecule has 6 nitrogen and oxygen atoms in total. The number of nitrogens with one attached hydrogen (secondary N) is 2. The van der Waals surface area contributed by atoms with Gasteiger partial charge in [-0.2, -0.15) is 0 Å². The van der Waals surface area contributed by atoms with Gasteiger partial charge in [-0.1, -0.05) is 62.2 Å². The highest BCUT2D eigenvalue weighted by Gasteiger charge is 2.21. The Kier molecular flexibility index (Phi) is 7.11. The van der Waals surface area contributed by atoms with E-state index < -0.39 is 6.10 Å². The molecule has 6 N–H and O–H groups in total. The quantitative estimate of drug-likeness (QED) is 0.221. The number of carbonyl (C=O) groups excluding carboxylic acids is 1. The number of nitrogens with two attached hydrogens (primary N) is 2. The molecule has 0 bridgehead atoms. The molecule has 0 aliphatic rings. The average molecular weight is 366 g/mol. The fourth-order valence-corrected chi connectivity index (χ4v) is 3.15. The lowest BCUT2D eigenvalue weighted by Gasteiger charge is -2.21. The lowest BCUT2D eigenvalue weighted by Crippen LogP contribution is -2.18. The van der Waals surface area contributed by atoms with E-state index in [1.54, 1.807) is 12.1 Å². The molecule has 0 amide bonds. The van der Waals surface area contributed by atoms with Crippen LogP contribution in [-0.4, -0.2) is 18.1 Å². The number of nitrogen functional groups attached to an aromatic ring is 2. The van der Waals surface area contributed by atoms with Crippen LogP contribution in [0.1, 0.15) is 55.4 Å². The van der Waals surface area contributed by atoms with E-state index in [2.05, 4.69) is 6.92 Å². The van der Waals surface area contributed by atoms with Crippen molar-refractivity contribution in [2.75, 3.05) is 0 Å². The van der Waals surface area contributed by atoms with Crippen molar-refractivity contribution >= 4 is 18.1 Å². The van der Waals surface area contributed by atoms with Gasteiger partial charge in [-0.25, -0.2) is 0 Å². The van der Waals surface area contributed by atoms with Crippen LogP contribution >= 0.6 is 0 Å².